The van der Waals surface area contributed by atoms with Crippen molar-refractivity contribution in [3.8, 4) is 0 Å². The number of aliphatic hydroxyl groups excluding tert-OH is 6. The van der Waals surface area contributed by atoms with E-state index in [4.69, 9.17) is 24.1 Å². The van der Waals surface area contributed by atoms with E-state index >= 15 is 0 Å². The third kappa shape index (κ3) is 3.66. The average Bonchev–Trinajstić information content (AvgIpc) is 2.54. The van der Waals surface area contributed by atoms with Gasteiger partial charge in [-0.1, -0.05) is 0 Å². The first-order chi connectivity index (χ1) is 10.8. The van der Waals surface area contributed by atoms with Crippen molar-refractivity contribution in [2.45, 2.75) is 68.3 Å². The Kier molecular flexibility index (Phi) is 6.30. The molecule has 23 heavy (non-hydrogen) atoms. The van der Waals surface area contributed by atoms with Crippen LogP contribution in [0.3, 0.4) is 0 Å². The second kappa shape index (κ2) is 7.66. The topological polar surface area (TPSA) is 158 Å². The molecular formula is C13H24O10. The summed E-state index contributed by atoms with van der Waals surface area (Å²) >= 11 is 0. The van der Waals surface area contributed by atoms with Crippen LogP contribution in [0, 0.1) is 0 Å². The molecule has 2 aliphatic heterocycles. The molecule has 0 spiro atoms. The van der Waals surface area contributed by atoms with E-state index in [1.165, 1.54) is 7.11 Å². The fourth-order valence-corrected chi connectivity index (χ4v) is 2.72. The molecule has 136 valence electrons. The molecule has 2 fully saturated rings. The molecule has 0 bridgehead atoms. The van der Waals surface area contributed by atoms with Crippen molar-refractivity contribution in [1.82, 2.24) is 0 Å². The Morgan fingerprint density at radius 3 is 2.00 bits per heavy atom. The summed E-state index contributed by atoms with van der Waals surface area (Å²) in [6.45, 7) is 0.967. The average molecular weight is 340 g/mol. The van der Waals surface area contributed by atoms with Crippen LogP contribution in [0.5, 0.6) is 0 Å². The molecule has 10 heteroatoms. The highest BCUT2D eigenvalue weighted by Crippen LogP contribution is 2.29. The van der Waals surface area contributed by atoms with E-state index in [0.717, 1.165) is 0 Å². The number of methoxy groups -OCH3 is 1. The maximum atomic E-state index is 10.1. The van der Waals surface area contributed by atoms with Crippen LogP contribution in [0.25, 0.3) is 0 Å². The van der Waals surface area contributed by atoms with Crippen molar-refractivity contribution in [3.63, 3.8) is 0 Å². The zero-order chi connectivity index (χ0) is 17.3. The standard InChI is InChI=1S/C13H24O10/c1-4-11(8(17)10(19)12(20-2)21-4)23-13-9(18)7(16)6(15)5(3-14)22-13/h4-19H,3H2,1-2H3. The maximum Gasteiger partial charge on any atom is 0.187 e. The first-order valence-corrected chi connectivity index (χ1v) is 7.32. The fraction of sp³-hybridized carbons (Fsp3) is 1.00. The highest BCUT2D eigenvalue weighted by atomic mass is 16.7. The highest BCUT2D eigenvalue weighted by molar-refractivity contribution is 4.93. The van der Waals surface area contributed by atoms with E-state index in [1.807, 2.05) is 0 Å². The van der Waals surface area contributed by atoms with Crippen LogP contribution in [-0.2, 0) is 18.9 Å². The van der Waals surface area contributed by atoms with E-state index in [2.05, 4.69) is 0 Å². The van der Waals surface area contributed by atoms with Gasteiger partial charge in [-0.2, -0.15) is 0 Å². The van der Waals surface area contributed by atoms with E-state index < -0.39 is 68.0 Å². The SMILES string of the molecule is COC1OC(C)C(OC2OC(CO)C(O)C(O)C2O)C(O)C1O. The van der Waals surface area contributed by atoms with Crippen molar-refractivity contribution in [1.29, 1.82) is 0 Å². The largest absolute Gasteiger partial charge is 0.394 e. The second-order valence-electron chi connectivity index (χ2n) is 5.72. The van der Waals surface area contributed by atoms with Gasteiger partial charge in [0.15, 0.2) is 12.6 Å². The molecule has 10 nitrogen and oxygen atoms in total. The Morgan fingerprint density at radius 2 is 1.43 bits per heavy atom. The lowest BCUT2D eigenvalue weighted by Gasteiger charge is -2.45. The molecule has 2 rings (SSSR count). The minimum absolute atomic E-state index is 0.599. The van der Waals surface area contributed by atoms with Gasteiger partial charge in [0, 0.05) is 7.11 Å². The number of hydrogen-bond donors (Lipinski definition) is 6. The summed E-state index contributed by atoms with van der Waals surface area (Å²) in [6.07, 6.45) is -12.9. The van der Waals surface area contributed by atoms with Crippen molar-refractivity contribution in [2.24, 2.45) is 0 Å². The van der Waals surface area contributed by atoms with Crippen LogP contribution >= 0.6 is 0 Å². The van der Waals surface area contributed by atoms with Crippen LogP contribution in [0.15, 0.2) is 0 Å². The third-order valence-corrected chi connectivity index (χ3v) is 4.15. The first-order valence-electron chi connectivity index (χ1n) is 7.32. The molecule has 0 radical (unpaired) electrons. The van der Waals surface area contributed by atoms with Crippen molar-refractivity contribution in [2.75, 3.05) is 13.7 Å². The van der Waals surface area contributed by atoms with Crippen molar-refractivity contribution >= 4 is 0 Å². The molecule has 2 saturated heterocycles. The van der Waals surface area contributed by atoms with Gasteiger partial charge in [0.2, 0.25) is 0 Å². The van der Waals surface area contributed by atoms with E-state index in [-0.39, 0.29) is 0 Å². The minimum atomic E-state index is -1.61. The van der Waals surface area contributed by atoms with Gasteiger partial charge in [0.1, 0.15) is 42.7 Å². The summed E-state index contributed by atoms with van der Waals surface area (Å²) in [6, 6.07) is 0. The summed E-state index contributed by atoms with van der Waals surface area (Å²) < 4.78 is 20.9. The lowest BCUT2D eigenvalue weighted by molar-refractivity contribution is -0.353. The minimum Gasteiger partial charge on any atom is -0.394 e. The Bertz CT molecular complexity index is 380. The number of aliphatic hydroxyl groups is 6. The second-order valence-corrected chi connectivity index (χ2v) is 5.72. The van der Waals surface area contributed by atoms with Gasteiger partial charge in [0.05, 0.1) is 12.7 Å². The van der Waals surface area contributed by atoms with Gasteiger partial charge in [-0.25, -0.2) is 0 Å². The lowest BCUT2D eigenvalue weighted by Crippen LogP contribution is -2.63. The molecule has 6 N–H and O–H groups in total. The third-order valence-electron chi connectivity index (χ3n) is 4.15. The molecular weight excluding hydrogens is 316 g/mol. The zero-order valence-electron chi connectivity index (χ0n) is 12.8. The quantitative estimate of drug-likeness (QED) is 0.300. The molecule has 0 amide bonds. The van der Waals surface area contributed by atoms with Crippen LogP contribution in [0.4, 0.5) is 0 Å². The molecule has 0 saturated carbocycles. The van der Waals surface area contributed by atoms with Crippen LogP contribution in [0.1, 0.15) is 6.92 Å². The molecule has 10 unspecified atom stereocenters. The van der Waals surface area contributed by atoms with Crippen LogP contribution < -0.4 is 0 Å². The summed E-state index contributed by atoms with van der Waals surface area (Å²) in [5, 5.41) is 58.5. The predicted octanol–water partition coefficient (Wildman–Crippen LogP) is -3.72. The molecule has 10 atom stereocenters. The monoisotopic (exact) mass is 340 g/mol. The van der Waals surface area contributed by atoms with Gasteiger partial charge in [0.25, 0.3) is 0 Å². The molecule has 2 heterocycles. The highest BCUT2D eigenvalue weighted by Gasteiger charge is 2.49. The summed E-state index contributed by atoms with van der Waals surface area (Å²) in [4.78, 5) is 0. The molecule has 0 aromatic carbocycles. The first kappa shape index (κ1) is 18.9. The van der Waals surface area contributed by atoms with Crippen LogP contribution in [0.2, 0.25) is 0 Å². The Hall–Kier alpha value is -0.400. The van der Waals surface area contributed by atoms with Crippen molar-refractivity contribution in [3.05, 3.63) is 0 Å². The Balaban J connectivity index is 2.08. The van der Waals surface area contributed by atoms with Gasteiger partial charge in [-0.15, -0.1) is 0 Å². The van der Waals surface area contributed by atoms with E-state index in [1.54, 1.807) is 6.92 Å². The van der Waals surface area contributed by atoms with Crippen molar-refractivity contribution < 1.29 is 49.6 Å². The summed E-state index contributed by atoms with van der Waals surface area (Å²) in [7, 11) is 1.31. The lowest BCUT2D eigenvalue weighted by atomic mass is 9.97. The summed E-state index contributed by atoms with van der Waals surface area (Å²) in [5.41, 5.74) is 0. The smallest absolute Gasteiger partial charge is 0.187 e. The zero-order valence-corrected chi connectivity index (χ0v) is 12.8. The van der Waals surface area contributed by atoms with E-state index in [0.29, 0.717) is 0 Å². The number of ether oxygens (including phenoxy) is 4. The molecule has 0 aromatic rings. The van der Waals surface area contributed by atoms with Gasteiger partial charge >= 0.3 is 0 Å². The molecule has 0 aliphatic carbocycles. The van der Waals surface area contributed by atoms with E-state index in [9.17, 15) is 25.5 Å². The number of rotatable bonds is 4. The van der Waals surface area contributed by atoms with Gasteiger partial charge in [-0.05, 0) is 6.92 Å². The maximum absolute atomic E-state index is 10.1. The summed E-state index contributed by atoms with van der Waals surface area (Å²) in [5.74, 6) is 0. The predicted molar refractivity (Wildman–Crippen MR) is 72.0 cm³/mol. The fourth-order valence-electron chi connectivity index (χ4n) is 2.72. The van der Waals surface area contributed by atoms with Gasteiger partial charge < -0.3 is 49.6 Å². The van der Waals surface area contributed by atoms with Gasteiger partial charge in [-0.3, -0.25) is 0 Å². The number of hydrogen-bond acceptors (Lipinski definition) is 10. The normalized spacial score (nSPS) is 51.7. The molecule has 2 aliphatic rings. The Morgan fingerprint density at radius 1 is 0.826 bits per heavy atom. The molecule has 0 aromatic heterocycles. The Labute approximate surface area is 132 Å². The van der Waals surface area contributed by atoms with Crippen LogP contribution in [-0.4, -0.2) is 106 Å².